The molecule has 168 valence electrons. The van der Waals surface area contributed by atoms with E-state index in [4.69, 9.17) is 0 Å². The van der Waals surface area contributed by atoms with Gasteiger partial charge in [0, 0.05) is 17.1 Å². The first-order chi connectivity index (χ1) is 15.9. The van der Waals surface area contributed by atoms with Gasteiger partial charge in [-0.25, -0.2) is 9.69 Å². The molecule has 0 saturated carbocycles. The molecule has 2 aromatic carbocycles. The smallest absolute Gasteiger partial charge is 0.318 e. The van der Waals surface area contributed by atoms with E-state index in [9.17, 15) is 14.4 Å². The summed E-state index contributed by atoms with van der Waals surface area (Å²) in [5.74, 6) is -1.31. The Bertz CT molecular complexity index is 1300. The van der Waals surface area contributed by atoms with Crippen molar-refractivity contribution in [1.82, 2.24) is 9.88 Å². The zero-order valence-electron chi connectivity index (χ0n) is 19.3. The summed E-state index contributed by atoms with van der Waals surface area (Å²) in [6, 6.07) is 16.6. The predicted octanol–water partition coefficient (Wildman–Crippen LogP) is 4.89. The first-order valence-corrected chi connectivity index (χ1v) is 11.1. The minimum atomic E-state index is -0.731. The van der Waals surface area contributed by atoms with Gasteiger partial charge in [0.25, 0.3) is 11.8 Å². The van der Waals surface area contributed by atoms with Gasteiger partial charge in [-0.3, -0.25) is 14.9 Å². The normalized spacial score (nSPS) is 15.3. The van der Waals surface area contributed by atoms with E-state index in [0.29, 0.717) is 12.1 Å². The van der Waals surface area contributed by atoms with Crippen molar-refractivity contribution in [2.75, 3.05) is 4.90 Å². The van der Waals surface area contributed by atoms with Gasteiger partial charge < -0.3 is 4.57 Å². The third kappa shape index (κ3) is 3.89. The minimum absolute atomic E-state index is 0.0652. The van der Waals surface area contributed by atoms with Crippen LogP contribution in [-0.4, -0.2) is 22.4 Å². The Morgan fingerprint density at radius 3 is 2.06 bits per heavy atom. The van der Waals surface area contributed by atoms with Crippen LogP contribution in [0.3, 0.4) is 0 Å². The summed E-state index contributed by atoms with van der Waals surface area (Å²) >= 11 is 0. The summed E-state index contributed by atoms with van der Waals surface area (Å²) in [5, 5.41) is 2.32. The average molecular weight is 442 g/mol. The van der Waals surface area contributed by atoms with Crippen molar-refractivity contribution in [2.45, 2.75) is 40.5 Å². The van der Waals surface area contributed by atoms with Gasteiger partial charge in [0.05, 0.1) is 5.69 Å². The molecule has 1 saturated heterocycles. The highest BCUT2D eigenvalue weighted by Gasteiger charge is 2.37. The highest BCUT2D eigenvalue weighted by atomic mass is 16.2. The fourth-order valence-corrected chi connectivity index (χ4v) is 4.39. The molecule has 1 aliphatic rings. The quantitative estimate of drug-likeness (QED) is 0.453. The first-order valence-electron chi connectivity index (χ1n) is 11.1. The minimum Gasteiger partial charge on any atom is -0.318 e. The topological polar surface area (TPSA) is 71.4 Å². The van der Waals surface area contributed by atoms with Crippen LogP contribution in [0, 0.1) is 13.8 Å². The highest BCUT2D eigenvalue weighted by molar-refractivity contribution is 6.39. The summed E-state index contributed by atoms with van der Waals surface area (Å²) in [5.41, 5.74) is 6.23. The molecule has 1 fully saturated rings. The first kappa shape index (κ1) is 22.3. The van der Waals surface area contributed by atoms with E-state index in [1.807, 2.05) is 51.1 Å². The van der Waals surface area contributed by atoms with Gasteiger partial charge >= 0.3 is 6.03 Å². The number of barbiturate groups is 1. The lowest BCUT2D eigenvalue weighted by molar-refractivity contribution is -0.122. The number of rotatable bonds is 5. The summed E-state index contributed by atoms with van der Waals surface area (Å²) < 4.78 is 2.13. The van der Waals surface area contributed by atoms with Crippen LogP contribution in [0.4, 0.5) is 10.5 Å². The van der Waals surface area contributed by atoms with Crippen LogP contribution in [-0.2, 0) is 22.4 Å². The molecule has 6 nitrogen and oxygen atoms in total. The fraction of sp³-hybridized carbons (Fsp3) is 0.222. The summed E-state index contributed by atoms with van der Waals surface area (Å²) in [4.78, 5) is 39.7. The molecule has 2 heterocycles. The van der Waals surface area contributed by atoms with E-state index in [1.165, 1.54) is 5.56 Å². The Kier molecular flexibility index (Phi) is 6.01. The van der Waals surface area contributed by atoms with Crippen molar-refractivity contribution in [3.8, 4) is 5.69 Å². The largest absolute Gasteiger partial charge is 0.335 e. The van der Waals surface area contributed by atoms with Crippen LogP contribution in [0.25, 0.3) is 11.8 Å². The number of anilines is 1. The molecule has 33 heavy (non-hydrogen) atoms. The van der Waals surface area contributed by atoms with Gasteiger partial charge in [-0.15, -0.1) is 0 Å². The van der Waals surface area contributed by atoms with Gasteiger partial charge in [-0.2, -0.15) is 0 Å². The van der Waals surface area contributed by atoms with Crippen molar-refractivity contribution in [1.29, 1.82) is 0 Å². The predicted molar refractivity (Wildman–Crippen MR) is 129 cm³/mol. The number of benzene rings is 2. The Morgan fingerprint density at radius 2 is 1.42 bits per heavy atom. The number of hydrogen-bond donors (Lipinski definition) is 1. The number of hydrogen-bond acceptors (Lipinski definition) is 3. The molecule has 0 radical (unpaired) electrons. The number of carbonyl (C=O) groups excluding carboxylic acids is 3. The van der Waals surface area contributed by atoms with Crippen molar-refractivity contribution >= 4 is 29.6 Å². The lowest BCUT2D eigenvalue weighted by atomic mass is 10.0. The van der Waals surface area contributed by atoms with E-state index >= 15 is 0 Å². The van der Waals surface area contributed by atoms with E-state index in [2.05, 4.69) is 28.9 Å². The molecule has 6 heteroatoms. The Morgan fingerprint density at radius 1 is 0.848 bits per heavy atom. The van der Waals surface area contributed by atoms with E-state index in [0.717, 1.165) is 39.5 Å². The standard InChI is InChI=1S/C27H27N3O3/c1-5-19-11-7-9-13-23(19)29-17(3)15-21(18(29)4)16-22-25(31)28-27(33)30(26(22)32)24-14-10-8-12-20(24)6-2/h7-16H,5-6H2,1-4H3,(H,28,31,33)/b22-16+. The number of urea groups is 1. The van der Waals surface area contributed by atoms with Crippen molar-refractivity contribution in [3.05, 3.63) is 88.2 Å². The number of aryl methyl sites for hydroxylation is 3. The van der Waals surface area contributed by atoms with Gasteiger partial charge in [-0.05, 0) is 67.7 Å². The molecule has 4 rings (SSSR count). The van der Waals surface area contributed by atoms with E-state index < -0.39 is 17.8 Å². The maximum absolute atomic E-state index is 13.4. The number of carbonyl (C=O) groups is 3. The number of para-hydroxylation sites is 2. The van der Waals surface area contributed by atoms with E-state index in [-0.39, 0.29) is 5.57 Å². The second-order valence-electron chi connectivity index (χ2n) is 8.08. The second kappa shape index (κ2) is 8.90. The molecule has 3 aromatic rings. The molecule has 4 amide bonds. The fourth-order valence-electron chi connectivity index (χ4n) is 4.39. The zero-order chi connectivity index (χ0) is 23.7. The lowest BCUT2D eigenvalue weighted by Crippen LogP contribution is -2.54. The summed E-state index contributed by atoms with van der Waals surface area (Å²) in [6.07, 6.45) is 3.12. The molecular formula is C27H27N3O3. The third-order valence-electron chi connectivity index (χ3n) is 6.10. The SMILES string of the molecule is CCc1ccccc1N1C(=O)NC(=O)/C(=C\c2cc(C)n(-c3ccccc3CC)c2C)C1=O. The molecule has 0 spiro atoms. The Labute approximate surface area is 193 Å². The van der Waals surface area contributed by atoms with Crippen LogP contribution < -0.4 is 10.2 Å². The monoisotopic (exact) mass is 441 g/mol. The van der Waals surface area contributed by atoms with Crippen molar-refractivity contribution in [2.24, 2.45) is 0 Å². The van der Waals surface area contributed by atoms with Gasteiger partial charge in [0.15, 0.2) is 0 Å². The molecule has 0 unspecified atom stereocenters. The van der Waals surface area contributed by atoms with Crippen LogP contribution in [0.15, 0.2) is 60.2 Å². The Hall–Kier alpha value is -3.93. The third-order valence-corrected chi connectivity index (χ3v) is 6.10. The maximum Gasteiger partial charge on any atom is 0.335 e. The van der Waals surface area contributed by atoms with Gasteiger partial charge in [0.2, 0.25) is 0 Å². The number of nitrogens with zero attached hydrogens (tertiary/aromatic N) is 2. The van der Waals surface area contributed by atoms with Crippen LogP contribution in [0.2, 0.25) is 0 Å². The van der Waals surface area contributed by atoms with Crippen LogP contribution >= 0.6 is 0 Å². The van der Waals surface area contributed by atoms with Gasteiger partial charge in [0.1, 0.15) is 5.57 Å². The van der Waals surface area contributed by atoms with Crippen molar-refractivity contribution in [3.63, 3.8) is 0 Å². The maximum atomic E-state index is 13.4. The number of amides is 4. The lowest BCUT2D eigenvalue weighted by Gasteiger charge is -2.28. The molecule has 0 atom stereocenters. The number of aromatic nitrogens is 1. The molecule has 0 aliphatic carbocycles. The van der Waals surface area contributed by atoms with Crippen molar-refractivity contribution < 1.29 is 14.4 Å². The zero-order valence-corrected chi connectivity index (χ0v) is 19.3. The van der Waals surface area contributed by atoms with Crippen LogP contribution in [0.5, 0.6) is 0 Å². The Balaban J connectivity index is 1.80. The highest BCUT2D eigenvalue weighted by Crippen LogP contribution is 2.28. The van der Waals surface area contributed by atoms with Gasteiger partial charge in [-0.1, -0.05) is 50.2 Å². The van der Waals surface area contributed by atoms with E-state index in [1.54, 1.807) is 18.2 Å². The molecule has 1 aromatic heterocycles. The molecular weight excluding hydrogens is 414 g/mol. The molecule has 1 N–H and O–H groups in total. The molecule has 1 aliphatic heterocycles. The number of imide groups is 2. The summed E-state index contributed by atoms with van der Waals surface area (Å²) in [7, 11) is 0. The second-order valence-corrected chi connectivity index (χ2v) is 8.08. The average Bonchev–Trinajstić information content (AvgIpc) is 3.09. The summed E-state index contributed by atoms with van der Waals surface area (Å²) in [6.45, 7) is 8.03. The molecule has 0 bridgehead atoms. The van der Waals surface area contributed by atoms with Crippen LogP contribution in [0.1, 0.15) is 41.9 Å². The number of nitrogens with one attached hydrogen (secondary N) is 1.